The van der Waals surface area contributed by atoms with Crippen molar-refractivity contribution in [2.24, 2.45) is 5.41 Å². The third-order valence-corrected chi connectivity index (χ3v) is 3.36. The molecule has 1 heterocycles. The summed E-state index contributed by atoms with van der Waals surface area (Å²) in [4.78, 5) is 26.9. The number of carbonyl (C=O) groups is 2. The van der Waals surface area contributed by atoms with Gasteiger partial charge in [0, 0.05) is 24.7 Å². The van der Waals surface area contributed by atoms with E-state index in [4.69, 9.17) is 0 Å². The summed E-state index contributed by atoms with van der Waals surface area (Å²) >= 11 is 0. The van der Waals surface area contributed by atoms with Crippen LogP contribution < -0.4 is 5.32 Å². The molecule has 92 valence electrons. The Labute approximate surface area is 101 Å². The minimum absolute atomic E-state index is 0.0265. The Balaban J connectivity index is 2.53. The van der Waals surface area contributed by atoms with Crippen molar-refractivity contribution in [1.82, 2.24) is 10.3 Å². The van der Waals surface area contributed by atoms with Crippen molar-refractivity contribution in [3.05, 3.63) is 22.5 Å². The van der Waals surface area contributed by atoms with Gasteiger partial charge in [-0.2, -0.15) is 0 Å². The number of H-pyrrole nitrogens is 1. The van der Waals surface area contributed by atoms with Crippen LogP contribution in [0.2, 0.25) is 0 Å². The molecule has 0 atom stereocenters. The smallest absolute Gasteiger partial charge is 0.267 e. The Hall–Kier alpha value is -1.58. The summed E-state index contributed by atoms with van der Waals surface area (Å²) in [5.41, 5.74) is 2.90. The summed E-state index contributed by atoms with van der Waals surface area (Å²) in [7, 11) is 1.59. The number of nitrogens with one attached hydrogen (secondary N) is 2. The lowest BCUT2D eigenvalue weighted by molar-refractivity contribution is 0.0910. The fraction of sp³-hybridized carbons (Fsp3) is 0.538. The monoisotopic (exact) mass is 234 g/mol. The zero-order valence-corrected chi connectivity index (χ0v) is 10.7. The first-order valence-electron chi connectivity index (χ1n) is 5.82. The van der Waals surface area contributed by atoms with Crippen LogP contribution in [0.15, 0.2) is 0 Å². The molecule has 0 saturated carbocycles. The lowest BCUT2D eigenvalue weighted by atomic mass is 9.75. The van der Waals surface area contributed by atoms with Gasteiger partial charge in [0.1, 0.15) is 5.69 Å². The molecule has 0 saturated heterocycles. The molecule has 0 aromatic carbocycles. The predicted octanol–water partition coefficient (Wildman–Crippen LogP) is 1.84. The van der Waals surface area contributed by atoms with Crippen LogP contribution in [0.1, 0.15) is 52.4 Å². The minimum atomic E-state index is -0.164. The molecule has 17 heavy (non-hydrogen) atoms. The summed E-state index contributed by atoms with van der Waals surface area (Å²) in [5, 5.41) is 2.59. The molecule has 0 fully saturated rings. The van der Waals surface area contributed by atoms with Gasteiger partial charge in [-0.05, 0) is 24.3 Å². The largest absolute Gasteiger partial charge is 0.354 e. The van der Waals surface area contributed by atoms with Crippen molar-refractivity contribution in [1.29, 1.82) is 0 Å². The van der Waals surface area contributed by atoms with Crippen LogP contribution in [0.5, 0.6) is 0 Å². The first-order chi connectivity index (χ1) is 7.85. The van der Waals surface area contributed by atoms with Crippen LogP contribution in [0, 0.1) is 12.3 Å². The molecular formula is C13H18N2O2. The first-order valence-corrected chi connectivity index (χ1v) is 5.82. The summed E-state index contributed by atoms with van der Waals surface area (Å²) < 4.78 is 0. The predicted molar refractivity (Wildman–Crippen MR) is 65.4 cm³/mol. The molecule has 2 rings (SSSR count). The number of ketones is 1. The molecule has 0 bridgehead atoms. The van der Waals surface area contributed by atoms with Gasteiger partial charge in [0.25, 0.3) is 5.91 Å². The number of fused-ring (bicyclic) bond motifs is 1. The van der Waals surface area contributed by atoms with Crippen LogP contribution in [-0.4, -0.2) is 23.7 Å². The van der Waals surface area contributed by atoms with E-state index in [1.165, 1.54) is 0 Å². The highest BCUT2D eigenvalue weighted by Gasteiger charge is 2.34. The highest BCUT2D eigenvalue weighted by molar-refractivity contribution is 6.04. The maximum Gasteiger partial charge on any atom is 0.267 e. The van der Waals surface area contributed by atoms with Gasteiger partial charge in [0.05, 0.1) is 0 Å². The number of rotatable bonds is 1. The van der Waals surface area contributed by atoms with Gasteiger partial charge in [0.15, 0.2) is 5.78 Å². The van der Waals surface area contributed by atoms with E-state index >= 15 is 0 Å². The SMILES string of the molecule is CNC(=O)c1[nH]c2c(c1C)C(=O)CC(C)(C)C2. The Morgan fingerprint density at radius 1 is 1.35 bits per heavy atom. The average molecular weight is 234 g/mol. The van der Waals surface area contributed by atoms with E-state index in [0.29, 0.717) is 12.1 Å². The van der Waals surface area contributed by atoms with Crippen LogP contribution in [0.3, 0.4) is 0 Å². The second-order valence-corrected chi connectivity index (χ2v) is 5.50. The molecule has 0 aliphatic heterocycles. The molecule has 0 unspecified atom stereocenters. The van der Waals surface area contributed by atoms with Crippen molar-refractivity contribution < 1.29 is 9.59 Å². The Morgan fingerprint density at radius 3 is 2.59 bits per heavy atom. The number of hydrogen-bond donors (Lipinski definition) is 2. The van der Waals surface area contributed by atoms with E-state index in [9.17, 15) is 9.59 Å². The third-order valence-electron chi connectivity index (χ3n) is 3.36. The number of hydrogen-bond acceptors (Lipinski definition) is 2. The van der Waals surface area contributed by atoms with Crippen molar-refractivity contribution in [3.8, 4) is 0 Å². The van der Waals surface area contributed by atoms with Gasteiger partial charge in [-0.3, -0.25) is 9.59 Å². The highest BCUT2D eigenvalue weighted by Crippen LogP contribution is 2.36. The van der Waals surface area contributed by atoms with Gasteiger partial charge in [-0.15, -0.1) is 0 Å². The average Bonchev–Trinajstić information content (AvgIpc) is 2.52. The Kier molecular flexibility index (Phi) is 2.60. The lowest BCUT2D eigenvalue weighted by Crippen LogP contribution is -2.26. The first kappa shape index (κ1) is 11.9. The summed E-state index contributed by atoms with van der Waals surface area (Å²) in [6.07, 6.45) is 1.36. The maximum absolute atomic E-state index is 12.1. The zero-order chi connectivity index (χ0) is 12.8. The zero-order valence-electron chi connectivity index (χ0n) is 10.7. The van der Waals surface area contributed by atoms with Crippen molar-refractivity contribution in [3.63, 3.8) is 0 Å². The number of Topliss-reactive ketones (excluding diaryl/α,β-unsaturated/α-hetero) is 1. The second-order valence-electron chi connectivity index (χ2n) is 5.50. The number of aromatic nitrogens is 1. The molecule has 1 aliphatic carbocycles. The van der Waals surface area contributed by atoms with Crippen molar-refractivity contribution in [2.75, 3.05) is 7.05 Å². The number of amides is 1. The van der Waals surface area contributed by atoms with E-state index in [-0.39, 0.29) is 17.1 Å². The van der Waals surface area contributed by atoms with Crippen LogP contribution in [-0.2, 0) is 6.42 Å². The molecule has 4 heteroatoms. The van der Waals surface area contributed by atoms with Crippen LogP contribution >= 0.6 is 0 Å². The van der Waals surface area contributed by atoms with Gasteiger partial charge in [-0.1, -0.05) is 13.8 Å². The van der Waals surface area contributed by atoms with Crippen LogP contribution in [0.4, 0.5) is 0 Å². The normalized spacial score (nSPS) is 17.8. The van der Waals surface area contributed by atoms with Gasteiger partial charge in [0.2, 0.25) is 0 Å². The standard InChI is InChI=1S/C13H18N2O2/c1-7-10-8(15-11(7)12(17)14-4)5-13(2,3)6-9(10)16/h15H,5-6H2,1-4H3,(H,14,17). The van der Waals surface area contributed by atoms with E-state index in [1.54, 1.807) is 7.05 Å². The summed E-state index contributed by atoms with van der Waals surface area (Å²) in [6, 6.07) is 0. The molecule has 4 nitrogen and oxygen atoms in total. The fourth-order valence-electron chi connectivity index (χ4n) is 2.58. The summed E-state index contributed by atoms with van der Waals surface area (Å²) in [5.74, 6) is -0.0253. The molecule has 0 spiro atoms. The van der Waals surface area contributed by atoms with Gasteiger partial charge < -0.3 is 10.3 Å². The number of aromatic amines is 1. The fourth-order valence-corrected chi connectivity index (χ4v) is 2.58. The Morgan fingerprint density at radius 2 is 2.00 bits per heavy atom. The van der Waals surface area contributed by atoms with Crippen molar-refractivity contribution in [2.45, 2.75) is 33.6 Å². The molecule has 1 aromatic heterocycles. The van der Waals surface area contributed by atoms with E-state index in [1.807, 2.05) is 6.92 Å². The summed E-state index contributed by atoms with van der Waals surface area (Å²) in [6.45, 7) is 5.98. The molecule has 2 N–H and O–H groups in total. The van der Waals surface area contributed by atoms with Gasteiger partial charge in [-0.25, -0.2) is 0 Å². The highest BCUT2D eigenvalue weighted by atomic mass is 16.2. The third kappa shape index (κ3) is 1.88. The molecular weight excluding hydrogens is 216 g/mol. The quantitative estimate of drug-likeness (QED) is 0.778. The molecule has 1 aromatic rings. The molecule has 1 amide bonds. The maximum atomic E-state index is 12.1. The minimum Gasteiger partial charge on any atom is -0.354 e. The number of carbonyl (C=O) groups excluding carboxylic acids is 2. The molecule has 1 aliphatic rings. The van der Waals surface area contributed by atoms with Crippen LogP contribution in [0.25, 0.3) is 0 Å². The Bertz CT molecular complexity index is 498. The topological polar surface area (TPSA) is 62.0 Å². The van der Waals surface area contributed by atoms with E-state index in [2.05, 4.69) is 24.1 Å². The van der Waals surface area contributed by atoms with Gasteiger partial charge >= 0.3 is 0 Å². The lowest BCUT2D eigenvalue weighted by Gasteiger charge is -2.28. The second kappa shape index (κ2) is 3.72. The van der Waals surface area contributed by atoms with E-state index in [0.717, 1.165) is 23.2 Å². The van der Waals surface area contributed by atoms with Crippen molar-refractivity contribution >= 4 is 11.7 Å². The van der Waals surface area contributed by atoms with E-state index < -0.39 is 0 Å². The molecule has 0 radical (unpaired) electrons.